The van der Waals surface area contributed by atoms with E-state index in [0.717, 1.165) is 38.5 Å². The second-order valence-electron chi connectivity index (χ2n) is 18.2. The summed E-state index contributed by atoms with van der Waals surface area (Å²) in [6, 6.07) is -0.900. The van der Waals surface area contributed by atoms with Crippen LogP contribution in [0.5, 0.6) is 0 Å². The minimum absolute atomic E-state index is 0.00591. The Hall–Kier alpha value is -1.28. The molecule has 3 unspecified atom stereocenters. The molecule has 1 amide bonds. The van der Waals surface area contributed by atoms with E-state index in [1.165, 1.54) is 167 Å². The van der Waals surface area contributed by atoms with E-state index in [-0.39, 0.29) is 12.5 Å². The Bertz CT molecular complexity index is 1060. The highest BCUT2D eigenvalue weighted by Crippen LogP contribution is 2.38. The quantitative estimate of drug-likeness (QED) is 0.0273. The van der Waals surface area contributed by atoms with Gasteiger partial charge in [0.2, 0.25) is 5.91 Å². The van der Waals surface area contributed by atoms with Crippen molar-refractivity contribution >= 4 is 13.7 Å². The van der Waals surface area contributed by atoms with Crippen molar-refractivity contribution in [2.24, 2.45) is 0 Å². The molecule has 0 rings (SSSR count). The van der Waals surface area contributed by atoms with E-state index >= 15 is 0 Å². The number of nitrogens with zero attached hydrogens (tertiary/aromatic N) is 1. The summed E-state index contributed by atoms with van der Waals surface area (Å²) in [7, 11) is 1.25. The molecular weight excluding hydrogens is 756 g/mol. The van der Waals surface area contributed by atoms with Gasteiger partial charge in [0.05, 0.1) is 39.9 Å². The number of unbranched alkanes of at least 4 members (excludes halogenated alkanes) is 28. The monoisotopic (exact) mass is 853 g/mol. The van der Waals surface area contributed by atoms with E-state index in [0.29, 0.717) is 17.4 Å². The second kappa shape index (κ2) is 42.0. The number of likely N-dealkylation sites (N-methyl/N-ethyl adjacent to an activating group) is 1. The number of hydrogen-bond acceptors (Lipinski definition) is 6. The van der Waals surface area contributed by atoms with Crippen LogP contribution in [0, 0.1) is 0 Å². The number of allylic oxidation sites excluding steroid dienone is 5. The molecule has 348 valence electrons. The zero-order valence-corrected chi connectivity index (χ0v) is 40.4. The maximum absolute atomic E-state index is 12.9. The van der Waals surface area contributed by atoms with Crippen molar-refractivity contribution in [1.82, 2.24) is 5.32 Å². The Kier molecular flexibility index (Phi) is 41.1. The highest BCUT2D eigenvalue weighted by Gasteiger charge is 2.23. The molecule has 0 bridgehead atoms. The van der Waals surface area contributed by atoms with Crippen LogP contribution in [0.4, 0.5) is 0 Å². The van der Waals surface area contributed by atoms with Crippen molar-refractivity contribution in [3.63, 3.8) is 0 Å². The van der Waals surface area contributed by atoms with Crippen LogP contribution in [0.15, 0.2) is 36.5 Å². The number of phosphoric ester groups is 1. The van der Waals surface area contributed by atoms with Crippen molar-refractivity contribution in [1.29, 1.82) is 0 Å². The highest BCUT2D eigenvalue weighted by molar-refractivity contribution is 7.45. The molecule has 0 aromatic heterocycles. The summed E-state index contributed by atoms with van der Waals surface area (Å²) >= 11 is 0. The van der Waals surface area contributed by atoms with Crippen molar-refractivity contribution in [3.8, 4) is 0 Å². The predicted octanol–water partition coefficient (Wildman–Crippen LogP) is 13.6. The summed E-state index contributed by atoms with van der Waals surface area (Å²) in [5.41, 5.74) is 0. The standard InChI is InChI=1S/C50H97N2O6P/c1-6-8-10-12-14-16-18-20-21-22-23-24-25-26-27-28-29-30-31-32-34-36-38-40-42-44-50(54)51-48(47-58-59(55,56)57-46-45-52(3,4)5)49(53)43-41-39-37-35-33-19-17-15-13-11-9-7-2/h22-23,33,35,41,43,48-49,53H,6-21,24-32,34,36-40,42,44-47H2,1-5H3,(H-,51,54,55,56)/b23-22-,35-33+,43-41+. The minimum atomic E-state index is -4.59. The molecule has 2 N–H and O–H groups in total. The molecule has 9 heteroatoms. The normalized spacial score (nSPS) is 14.5. The first-order valence-electron chi connectivity index (χ1n) is 24.9. The Morgan fingerprint density at radius 1 is 0.576 bits per heavy atom. The zero-order valence-electron chi connectivity index (χ0n) is 39.5. The van der Waals surface area contributed by atoms with Crippen molar-refractivity contribution in [3.05, 3.63) is 36.5 Å². The smallest absolute Gasteiger partial charge is 0.268 e. The van der Waals surface area contributed by atoms with Crippen LogP contribution < -0.4 is 10.2 Å². The fourth-order valence-corrected chi connectivity index (χ4v) is 7.83. The Balaban J connectivity index is 4.20. The Morgan fingerprint density at radius 2 is 0.949 bits per heavy atom. The van der Waals surface area contributed by atoms with Gasteiger partial charge < -0.3 is 28.8 Å². The third kappa shape index (κ3) is 44.6. The summed E-state index contributed by atoms with van der Waals surface area (Å²) in [6.07, 6.45) is 52.1. The van der Waals surface area contributed by atoms with Gasteiger partial charge in [0.1, 0.15) is 13.2 Å². The number of phosphoric acid groups is 1. The molecule has 0 aliphatic rings. The molecule has 0 aliphatic carbocycles. The fourth-order valence-electron chi connectivity index (χ4n) is 7.10. The van der Waals surface area contributed by atoms with Gasteiger partial charge in [-0.15, -0.1) is 0 Å². The van der Waals surface area contributed by atoms with Gasteiger partial charge in [-0.1, -0.05) is 198 Å². The van der Waals surface area contributed by atoms with Gasteiger partial charge in [-0.3, -0.25) is 9.36 Å². The van der Waals surface area contributed by atoms with Crippen molar-refractivity contribution in [2.75, 3.05) is 40.9 Å². The number of nitrogens with one attached hydrogen (secondary N) is 1. The SMILES string of the molecule is CCCCCCCC/C=C/CC/C=C/C(O)C(COP(=O)([O-])OCC[N+](C)(C)C)NC(=O)CCCCCCCCCCCCCCC/C=C\CCCCCCCCCC. The van der Waals surface area contributed by atoms with Crippen LogP contribution in [0.25, 0.3) is 0 Å². The van der Waals surface area contributed by atoms with Crippen molar-refractivity contribution < 1.29 is 32.9 Å². The number of hydrogen-bond donors (Lipinski definition) is 2. The van der Waals surface area contributed by atoms with Crippen LogP contribution in [-0.4, -0.2) is 68.5 Å². The molecule has 0 saturated carbocycles. The number of amides is 1. The molecule has 0 radical (unpaired) electrons. The number of carbonyl (C=O) groups excluding carboxylic acids is 1. The third-order valence-corrected chi connectivity index (χ3v) is 12.0. The summed E-state index contributed by atoms with van der Waals surface area (Å²) in [5, 5.41) is 13.8. The summed E-state index contributed by atoms with van der Waals surface area (Å²) in [5.74, 6) is -0.207. The number of aliphatic hydroxyl groups is 1. The second-order valence-corrected chi connectivity index (χ2v) is 19.6. The van der Waals surface area contributed by atoms with Crippen LogP contribution in [0.2, 0.25) is 0 Å². The molecule has 0 aromatic carbocycles. The molecule has 59 heavy (non-hydrogen) atoms. The summed E-state index contributed by atoms with van der Waals surface area (Å²) < 4.78 is 23.2. The van der Waals surface area contributed by atoms with Crippen molar-refractivity contribution in [2.45, 2.75) is 238 Å². The largest absolute Gasteiger partial charge is 0.756 e. The molecule has 0 spiro atoms. The van der Waals surface area contributed by atoms with E-state index in [1.807, 2.05) is 27.2 Å². The topological polar surface area (TPSA) is 108 Å². The molecule has 0 heterocycles. The summed E-state index contributed by atoms with van der Waals surface area (Å²) in [6.45, 7) is 4.61. The van der Waals surface area contributed by atoms with E-state index < -0.39 is 26.6 Å². The molecule has 0 fully saturated rings. The number of carbonyl (C=O) groups is 1. The molecule has 3 atom stereocenters. The van der Waals surface area contributed by atoms with Gasteiger partial charge in [-0.2, -0.15) is 0 Å². The Labute approximate surface area is 366 Å². The Morgan fingerprint density at radius 3 is 1.37 bits per heavy atom. The van der Waals surface area contributed by atoms with Gasteiger partial charge in [-0.25, -0.2) is 0 Å². The van der Waals surface area contributed by atoms with Crippen LogP contribution >= 0.6 is 7.82 Å². The van der Waals surface area contributed by atoms with Gasteiger partial charge >= 0.3 is 0 Å². The average molecular weight is 853 g/mol. The first-order chi connectivity index (χ1) is 28.5. The van der Waals surface area contributed by atoms with E-state index in [2.05, 4.69) is 43.5 Å². The zero-order chi connectivity index (χ0) is 43.6. The van der Waals surface area contributed by atoms with Gasteiger partial charge in [0.25, 0.3) is 7.82 Å². The molecule has 0 aromatic rings. The predicted molar refractivity (Wildman–Crippen MR) is 251 cm³/mol. The lowest BCUT2D eigenvalue weighted by molar-refractivity contribution is -0.870. The van der Waals surface area contributed by atoms with Gasteiger partial charge in [-0.05, 0) is 57.8 Å². The first-order valence-corrected chi connectivity index (χ1v) is 26.3. The molecule has 0 saturated heterocycles. The van der Waals surface area contributed by atoms with Crippen LogP contribution in [-0.2, 0) is 18.4 Å². The first kappa shape index (κ1) is 57.7. The lowest BCUT2D eigenvalue weighted by atomic mass is 10.0. The number of quaternary nitrogens is 1. The van der Waals surface area contributed by atoms with Crippen LogP contribution in [0.1, 0.15) is 226 Å². The van der Waals surface area contributed by atoms with E-state index in [4.69, 9.17) is 9.05 Å². The lowest BCUT2D eigenvalue weighted by Gasteiger charge is -2.29. The number of rotatable bonds is 45. The van der Waals surface area contributed by atoms with E-state index in [9.17, 15) is 19.4 Å². The minimum Gasteiger partial charge on any atom is -0.756 e. The van der Waals surface area contributed by atoms with E-state index in [1.54, 1.807) is 6.08 Å². The van der Waals surface area contributed by atoms with Gasteiger partial charge in [0, 0.05) is 6.42 Å². The molecule has 8 nitrogen and oxygen atoms in total. The number of aliphatic hydroxyl groups excluding tert-OH is 1. The maximum Gasteiger partial charge on any atom is 0.268 e. The van der Waals surface area contributed by atoms with Gasteiger partial charge in [0.15, 0.2) is 0 Å². The van der Waals surface area contributed by atoms with Crippen LogP contribution in [0.3, 0.4) is 0 Å². The third-order valence-electron chi connectivity index (χ3n) is 11.1. The molecule has 0 aliphatic heterocycles. The fraction of sp³-hybridized carbons (Fsp3) is 0.860. The highest BCUT2D eigenvalue weighted by atomic mass is 31.2. The molecular formula is C50H97N2O6P. The maximum atomic E-state index is 12.9. The average Bonchev–Trinajstić information content (AvgIpc) is 3.19. The summed E-state index contributed by atoms with van der Waals surface area (Å²) in [4.78, 5) is 25.3. The lowest BCUT2D eigenvalue weighted by Crippen LogP contribution is -2.45.